The molecule has 0 radical (unpaired) electrons. The smallest absolute Gasteiger partial charge is 0.220 e. The first-order valence-electron chi connectivity index (χ1n) is 6.62. The van der Waals surface area contributed by atoms with E-state index in [-0.39, 0.29) is 5.91 Å². The summed E-state index contributed by atoms with van der Waals surface area (Å²) in [5.74, 6) is 0.751. The van der Waals surface area contributed by atoms with E-state index < -0.39 is 0 Å². The largest absolute Gasteiger partial charge is 0.356 e. The third-order valence-electron chi connectivity index (χ3n) is 3.30. The molecule has 1 fully saturated rings. The second kappa shape index (κ2) is 6.85. The zero-order chi connectivity index (χ0) is 12.8. The number of carbonyl (C=O) groups excluding carboxylic acids is 1. The number of hydrogen-bond acceptors (Lipinski definition) is 4. The van der Waals surface area contributed by atoms with E-state index in [2.05, 4.69) is 21.0 Å². The van der Waals surface area contributed by atoms with Crippen LogP contribution < -0.4 is 10.6 Å². The molecule has 2 N–H and O–H groups in total. The number of nitrogens with one attached hydrogen (secondary N) is 2. The van der Waals surface area contributed by atoms with Gasteiger partial charge >= 0.3 is 0 Å². The van der Waals surface area contributed by atoms with Crippen molar-refractivity contribution in [3.05, 3.63) is 16.1 Å². The van der Waals surface area contributed by atoms with Crippen molar-refractivity contribution in [2.75, 3.05) is 19.6 Å². The molecule has 0 bridgehead atoms. The molecule has 0 unspecified atom stereocenters. The van der Waals surface area contributed by atoms with E-state index in [4.69, 9.17) is 0 Å². The van der Waals surface area contributed by atoms with E-state index >= 15 is 0 Å². The van der Waals surface area contributed by atoms with Gasteiger partial charge in [0, 0.05) is 24.8 Å². The second-order valence-electron chi connectivity index (χ2n) is 4.86. The fraction of sp³-hybridized carbons (Fsp3) is 0.692. The van der Waals surface area contributed by atoms with E-state index in [0.717, 1.165) is 43.1 Å². The number of carbonyl (C=O) groups is 1. The second-order valence-corrected chi connectivity index (χ2v) is 5.92. The van der Waals surface area contributed by atoms with Gasteiger partial charge in [0.05, 0.1) is 10.7 Å². The van der Waals surface area contributed by atoms with Gasteiger partial charge in [0.15, 0.2) is 0 Å². The van der Waals surface area contributed by atoms with Crippen molar-refractivity contribution in [1.82, 2.24) is 15.6 Å². The standard InChI is InChI=1S/C13H21N3OS/c1-10-16-12(9-18-10)4-7-15-13(17)8-11-2-5-14-6-3-11/h9,11,14H,2-8H2,1H3,(H,15,17). The van der Waals surface area contributed by atoms with Crippen molar-refractivity contribution in [3.63, 3.8) is 0 Å². The van der Waals surface area contributed by atoms with E-state index in [0.29, 0.717) is 18.9 Å². The van der Waals surface area contributed by atoms with E-state index in [9.17, 15) is 4.79 Å². The lowest BCUT2D eigenvalue weighted by Crippen LogP contribution is -2.33. The van der Waals surface area contributed by atoms with Gasteiger partial charge in [-0.2, -0.15) is 0 Å². The Labute approximate surface area is 112 Å². The molecule has 100 valence electrons. The van der Waals surface area contributed by atoms with Gasteiger partial charge in [-0.15, -0.1) is 11.3 Å². The predicted octanol–water partition coefficient (Wildman–Crippen LogP) is 1.50. The normalized spacial score (nSPS) is 16.7. The van der Waals surface area contributed by atoms with Crippen LogP contribution in [0.4, 0.5) is 0 Å². The molecule has 0 atom stereocenters. The van der Waals surface area contributed by atoms with Gasteiger partial charge in [0.1, 0.15) is 0 Å². The van der Waals surface area contributed by atoms with Gasteiger partial charge < -0.3 is 10.6 Å². The maximum Gasteiger partial charge on any atom is 0.220 e. The molecule has 5 heteroatoms. The number of rotatable bonds is 5. The predicted molar refractivity (Wildman–Crippen MR) is 73.8 cm³/mol. The molecule has 1 aromatic rings. The lowest BCUT2D eigenvalue weighted by molar-refractivity contribution is -0.122. The van der Waals surface area contributed by atoms with E-state index in [1.165, 1.54) is 0 Å². The highest BCUT2D eigenvalue weighted by Crippen LogP contribution is 2.15. The average molecular weight is 267 g/mol. The first-order chi connectivity index (χ1) is 8.74. The fourth-order valence-corrected chi connectivity index (χ4v) is 2.92. The molecule has 2 heterocycles. The molecule has 1 amide bonds. The molecule has 18 heavy (non-hydrogen) atoms. The number of amides is 1. The highest BCUT2D eigenvalue weighted by Gasteiger charge is 2.16. The highest BCUT2D eigenvalue weighted by molar-refractivity contribution is 7.09. The minimum absolute atomic E-state index is 0.189. The van der Waals surface area contributed by atoms with Gasteiger partial charge in [-0.1, -0.05) is 0 Å². The molecule has 0 aliphatic carbocycles. The van der Waals surface area contributed by atoms with Crippen LogP contribution in [0.3, 0.4) is 0 Å². The fourth-order valence-electron chi connectivity index (χ4n) is 2.27. The summed E-state index contributed by atoms with van der Waals surface area (Å²) in [6, 6.07) is 0. The lowest BCUT2D eigenvalue weighted by atomic mass is 9.94. The average Bonchev–Trinajstić information content (AvgIpc) is 2.76. The van der Waals surface area contributed by atoms with Gasteiger partial charge in [0.25, 0.3) is 0 Å². The Morgan fingerprint density at radius 1 is 1.56 bits per heavy atom. The van der Waals surface area contributed by atoms with Crippen LogP contribution in [-0.2, 0) is 11.2 Å². The van der Waals surface area contributed by atoms with Crippen molar-refractivity contribution in [2.45, 2.75) is 32.6 Å². The van der Waals surface area contributed by atoms with Crippen LogP contribution in [0.1, 0.15) is 30.0 Å². The number of hydrogen-bond donors (Lipinski definition) is 2. The van der Waals surface area contributed by atoms with Crippen molar-refractivity contribution in [3.8, 4) is 0 Å². The summed E-state index contributed by atoms with van der Waals surface area (Å²) in [7, 11) is 0. The zero-order valence-electron chi connectivity index (χ0n) is 10.9. The van der Waals surface area contributed by atoms with Crippen LogP contribution >= 0.6 is 11.3 Å². The van der Waals surface area contributed by atoms with Crippen LogP contribution in [0.15, 0.2) is 5.38 Å². The Kier molecular flexibility index (Phi) is 5.13. The molecule has 1 aromatic heterocycles. The first kappa shape index (κ1) is 13.5. The molecule has 0 aromatic carbocycles. The molecular formula is C13H21N3OS. The first-order valence-corrected chi connectivity index (χ1v) is 7.50. The maximum absolute atomic E-state index is 11.8. The minimum atomic E-state index is 0.189. The van der Waals surface area contributed by atoms with Crippen LogP contribution in [0.5, 0.6) is 0 Å². The zero-order valence-corrected chi connectivity index (χ0v) is 11.7. The van der Waals surface area contributed by atoms with Gasteiger partial charge in [0.2, 0.25) is 5.91 Å². The van der Waals surface area contributed by atoms with E-state index in [1.54, 1.807) is 11.3 Å². The SMILES string of the molecule is Cc1nc(CCNC(=O)CC2CCNCC2)cs1. The van der Waals surface area contributed by atoms with Crippen LogP contribution in [0.25, 0.3) is 0 Å². The summed E-state index contributed by atoms with van der Waals surface area (Å²) in [6.45, 7) is 4.81. The van der Waals surface area contributed by atoms with Crippen molar-refractivity contribution < 1.29 is 4.79 Å². The Morgan fingerprint density at radius 3 is 3.00 bits per heavy atom. The third kappa shape index (κ3) is 4.38. The van der Waals surface area contributed by atoms with Crippen molar-refractivity contribution in [1.29, 1.82) is 0 Å². The van der Waals surface area contributed by atoms with Crippen LogP contribution in [0, 0.1) is 12.8 Å². The van der Waals surface area contributed by atoms with E-state index in [1.807, 2.05) is 6.92 Å². The van der Waals surface area contributed by atoms with Crippen LogP contribution in [-0.4, -0.2) is 30.5 Å². The molecule has 1 saturated heterocycles. The van der Waals surface area contributed by atoms with Gasteiger partial charge in [-0.3, -0.25) is 4.79 Å². The number of aromatic nitrogens is 1. The summed E-state index contributed by atoms with van der Waals surface area (Å²) in [6.07, 6.45) is 3.76. The van der Waals surface area contributed by atoms with Gasteiger partial charge in [-0.05, 0) is 38.8 Å². The number of piperidine rings is 1. The molecule has 0 saturated carbocycles. The quantitative estimate of drug-likeness (QED) is 0.850. The third-order valence-corrected chi connectivity index (χ3v) is 4.13. The number of thiazole rings is 1. The molecule has 4 nitrogen and oxygen atoms in total. The summed E-state index contributed by atoms with van der Waals surface area (Å²) in [5, 5.41) is 9.46. The maximum atomic E-state index is 11.8. The monoisotopic (exact) mass is 267 g/mol. The molecule has 0 spiro atoms. The lowest BCUT2D eigenvalue weighted by Gasteiger charge is -2.21. The minimum Gasteiger partial charge on any atom is -0.356 e. The Bertz CT molecular complexity index is 385. The highest BCUT2D eigenvalue weighted by atomic mass is 32.1. The topological polar surface area (TPSA) is 54.0 Å². The summed E-state index contributed by atoms with van der Waals surface area (Å²) < 4.78 is 0. The van der Waals surface area contributed by atoms with Gasteiger partial charge in [-0.25, -0.2) is 4.98 Å². The number of nitrogens with zero attached hydrogens (tertiary/aromatic N) is 1. The molecule has 1 aliphatic rings. The van der Waals surface area contributed by atoms with Crippen molar-refractivity contribution in [2.24, 2.45) is 5.92 Å². The number of aryl methyl sites for hydroxylation is 1. The summed E-state index contributed by atoms with van der Waals surface area (Å²) in [4.78, 5) is 16.1. The van der Waals surface area contributed by atoms with Crippen molar-refractivity contribution >= 4 is 17.2 Å². The molecule has 1 aliphatic heterocycles. The summed E-state index contributed by atoms with van der Waals surface area (Å²) in [5.41, 5.74) is 1.08. The molecule has 2 rings (SSSR count). The summed E-state index contributed by atoms with van der Waals surface area (Å²) >= 11 is 1.66. The Balaban J connectivity index is 1.62. The Hall–Kier alpha value is -0.940. The van der Waals surface area contributed by atoms with Crippen LogP contribution in [0.2, 0.25) is 0 Å². The Morgan fingerprint density at radius 2 is 2.33 bits per heavy atom. The molecular weight excluding hydrogens is 246 g/mol.